The Kier molecular flexibility index (Phi) is 7.05. The fourth-order valence-corrected chi connectivity index (χ4v) is 8.56. The van der Waals surface area contributed by atoms with Crippen LogP contribution in [0, 0.1) is 0 Å². The maximum Gasteiger partial charge on any atom is 0.191 e. The van der Waals surface area contributed by atoms with E-state index in [0.717, 1.165) is 13.0 Å². The molecule has 109 valence electrons. The molecule has 0 bridgehead atoms. The van der Waals surface area contributed by atoms with Crippen molar-refractivity contribution in [1.29, 1.82) is 0 Å². The third-order valence-electron chi connectivity index (χ3n) is 3.67. The number of hydrogen-bond donors (Lipinski definition) is 0. The summed E-state index contributed by atoms with van der Waals surface area (Å²) in [6.07, 6.45) is 1.15. The Balaban J connectivity index is 4.01. The lowest BCUT2D eigenvalue weighted by Crippen LogP contribution is -2.41. The first-order chi connectivity index (χ1) is 7.87. The summed E-state index contributed by atoms with van der Waals surface area (Å²) in [4.78, 5) is 0. The van der Waals surface area contributed by atoms with Crippen LogP contribution in [0.1, 0.15) is 27.2 Å². The molecule has 0 saturated carbocycles. The highest BCUT2D eigenvalue weighted by Crippen LogP contribution is 2.36. The second-order valence-electron chi connectivity index (χ2n) is 7.48. The van der Waals surface area contributed by atoms with Gasteiger partial charge in [-0.3, -0.25) is 0 Å². The Morgan fingerprint density at radius 2 is 1.50 bits per heavy atom. The molecule has 0 aliphatic heterocycles. The molecular formula is C13H33O2Si3. The van der Waals surface area contributed by atoms with Crippen molar-refractivity contribution in [2.45, 2.75) is 77.6 Å². The van der Waals surface area contributed by atoms with Gasteiger partial charge < -0.3 is 8.54 Å². The lowest BCUT2D eigenvalue weighted by atomic mass is 10.2. The van der Waals surface area contributed by atoms with E-state index in [1.165, 1.54) is 6.04 Å². The molecule has 0 amide bonds. The highest BCUT2D eigenvalue weighted by Gasteiger charge is 2.37. The highest BCUT2D eigenvalue weighted by molar-refractivity contribution is 6.77. The van der Waals surface area contributed by atoms with Crippen LogP contribution in [0.5, 0.6) is 0 Å². The molecule has 2 nitrogen and oxygen atoms in total. The third-order valence-corrected chi connectivity index (χ3v) is 13.6. The molecule has 0 spiro atoms. The van der Waals surface area contributed by atoms with Gasteiger partial charge in [-0.25, -0.2) is 0 Å². The zero-order chi connectivity index (χ0) is 14.6. The van der Waals surface area contributed by atoms with E-state index in [9.17, 15) is 0 Å². The average Bonchev–Trinajstić information content (AvgIpc) is 2.08. The predicted molar refractivity (Wildman–Crippen MR) is 88.6 cm³/mol. The van der Waals surface area contributed by atoms with Crippen molar-refractivity contribution >= 4 is 25.7 Å². The Morgan fingerprint density at radius 3 is 1.89 bits per heavy atom. The number of rotatable bonds is 7. The van der Waals surface area contributed by atoms with Gasteiger partial charge in [-0.2, -0.15) is 0 Å². The molecule has 5 heteroatoms. The molecule has 0 atom stereocenters. The monoisotopic (exact) mass is 305 g/mol. The first-order valence-electron chi connectivity index (χ1n) is 7.00. The molecule has 18 heavy (non-hydrogen) atoms. The van der Waals surface area contributed by atoms with Gasteiger partial charge in [0, 0.05) is 6.61 Å². The Labute approximate surface area is 118 Å². The van der Waals surface area contributed by atoms with Gasteiger partial charge in [-0.1, -0.05) is 20.8 Å². The summed E-state index contributed by atoms with van der Waals surface area (Å²) in [5.41, 5.74) is 0. The molecule has 0 aliphatic carbocycles. The van der Waals surface area contributed by atoms with Crippen molar-refractivity contribution in [3.8, 4) is 0 Å². The first kappa shape index (κ1) is 18.6. The quantitative estimate of drug-likeness (QED) is 0.493. The smallest absolute Gasteiger partial charge is 0.191 e. The van der Waals surface area contributed by atoms with Crippen LogP contribution in [0.25, 0.3) is 0 Å². The summed E-state index contributed by atoms with van der Waals surface area (Å²) in [6, 6.07) is 1.22. The van der Waals surface area contributed by atoms with Crippen LogP contribution >= 0.6 is 0 Å². The SMILES string of the molecule is C[Si](C)O[Si](C)(C)CCCO[Si](C)(C)C(C)(C)C. The third kappa shape index (κ3) is 7.23. The van der Waals surface area contributed by atoms with Crippen molar-refractivity contribution in [3.05, 3.63) is 0 Å². The van der Waals surface area contributed by atoms with E-state index in [2.05, 4.69) is 60.1 Å². The summed E-state index contributed by atoms with van der Waals surface area (Å²) in [5.74, 6) is 0. The largest absolute Gasteiger partial charge is 0.456 e. The normalized spacial score (nSPS) is 14.3. The van der Waals surface area contributed by atoms with E-state index in [-0.39, 0.29) is 0 Å². The van der Waals surface area contributed by atoms with Crippen LogP contribution in [0.15, 0.2) is 0 Å². The van der Waals surface area contributed by atoms with Gasteiger partial charge in [0.25, 0.3) is 0 Å². The second kappa shape index (κ2) is 6.83. The molecule has 0 aliphatic rings. The average molecular weight is 306 g/mol. The Hall–Kier alpha value is 0.571. The maximum atomic E-state index is 6.21. The molecule has 0 fully saturated rings. The zero-order valence-electron chi connectivity index (χ0n) is 13.9. The Morgan fingerprint density at radius 1 is 1.00 bits per heavy atom. The fourth-order valence-electron chi connectivity index (χ4n) is 1.65. The van der Waals surface area contributed by atoms with Crippen LogP contribution < -0.4 is 0 Å². The second-order valence-corrected chi connectivity index (χ2v) is 18.9. The van der Waals surface area contributed by atoms with E-state index in [1.54, 1.807) is 0 Å². The topological polar surface area (TPSA) is 18.5 Å². The molecule has 1 radical (unpaired) electrons. The van der Waals surface area contributed by atoms with Crippen LogP contribution in [0.2, 0.25) is 50.4 Å². The molecule has 0 rings (SSSR count). The van der Waals surface area contributed by atoms with Crippen molar-refractivity contribution in [1.82, 2.24) is 0 Å². The predicted octanol–water partition coefficient (Wildman–Crippen LogP) is 4.87. The van der Waals surface area contributed by atoms with Crippen LogP contribution in [-0.2, 0) is 8.54 Å². The molecule has 0 N–H and O–H groups in total. The lowest BCUT2D eigenvalue weighted by Gasteiger charge is -2.36. The minimum absolute atomic E-state index is 0.319. The highest BCUT2D eigenvalue weighted by atomic mass is 28.4. The maximum absolute atomic E-state index is 6.21. The molecule has 0 aromatic carbocycles. The van der Waals surface area contributed by atoms with Crippen molar-refractivity contribution in [2.24, 2.45) is 0 Å². The summed E-state index contributed by atoms with van der Waals surface area (Å²) in [6.45, 7) is 21.6. The molecule has 0 heterocycles. The molecule has 0 aromatic rings. The van der Waals surface area contributed by atoms with Crippen LogP contribution in [0.3, 0.4) is 0 Å². The summed E-state index contributed by atoms with van der Waals surface area (Å²) < 4.78 is 12.3. The summed E-state index contributed by atoms with van der Waals surface area (Å²) in [7, 11) is -3.53. The van der Waals surface area contributed by atoms with E-state index in [0.29, 0.717) is 5.04 Å². The molecule has 0 saturated heterocycles. The van der Waals surface area contributed by atoms with E-state index in [1.807, 2.05) is 0 Å². The minimum Gasteiger partial charge on any atom is -0.456 e. The molecule has 0 aromatic heterocycles. The zero-order valence-corrected chi connectivity index (χ0v) is 16.9. The van der Waals surface area contributed by atoms with Crippen molar-refractivity contribution in [2.75, 3.05) is 6.61 Å². The summed E-state index contributed by atoms with van der Waals surface area (Å²) >= 11 is 0. The van der Waals surface area contributed by atoms with Gasteiger partial charge in [0.05, 0.1) is 0 Å². The van der Waals surface area contributed by atoms with Gasteiger partial charge in [-0.15, -0.1) is 0 Å². The van der Waals surface area contributed by atoms with Crippen molar-refractivity contribution in [3.63, 3.8) is 0 Å². The van der Waals surface area contributed by atoms with Gasteiger partial charge >= 0.3 is 0 Å². The van der Waals surface area contributed by atoms with E-state index < -0.39 is 25.7 Å². The van der Waals surface area contributed by atoms with Gasteiger partial charge in [0.15, 0.2) is 25.7 Å². The number of hydrogen-bond acceptors (Lipinski definition) is 2. The Bertz CT molecular complexity index is 245. The van der Waals surface area contributed by atoms with Crippen molar-refractivity contribution < 1.29 is 8.54 Å². The van der Waals surface area contributed by atoms with Gasteiger partial charge in [0.2, 0.25) is 0 Å². The fraction of sp³-hybridized carbons (Fsp3) is 1.00. The molecule has 0 unspecified atom stereocenters. The van der Waals surface area contributed by atoms with Gasteiger partial charge in [0.1, 0.15) is 0 Å². The lowest BCUT2D eigenvalue weighted by molar-refractivity contribution is 0.286. The minimum atomic E-state index is -1.55. The first-order valence-corrected chi connectivity index (χ1v) is 15.4. The molecular weight excluding hydrogens is 272 g/mol. The van der Waals surface area contributed by atoms with E-state index >= 15 is 0 Å². The summed E-state index contributed by atoms with van der Waals surface area (Å²) in [5, 5.41) is 0.319. The van der Waals surface area contributed by atoms with Crippen LogP contribution in [-0.4, -0.2) is 32.3 Å². The van der Waals surface area contributed by atoms with Gasteiger partial charge in [-0.05, 0) is 56.8 Å². The van der Waals surface area contributed by atoms with Crippen LogP contribution in [0.4, 0.5) is 0 Å². The van der Waals surface area contributed by atoms with E-state index in [4.69, 9.17) is 8.54 Å². The standard InChI is InChI=1S/C13H33O2Si3/c1-13(2,3)18(8,9)14-11-10-12-17(6,7)15-16(4)5/h10-12H2,1-9H3.